The number of nitrogens with two attached hydrogens (primary N) is 1. The van der Waals surface area contributed by atoms with E-state index < -0.39 is 0 Å². The molecule has 1 aliphatic heterocycles. The predicted octanol–water partition coefficient (Wildman–Crippen LogP) is 0.486. The molecule has 0 saturated carbocycles. The van der Waals surface area contributed by atoms with E-state index in [0.29, 0.717) is 19.6 Å². The van der Waals surface area contributed by atoms with Crippen molar-refractivity contribution in [1.82, 2.24) is 9.80 Å². The second-order valence-electron chi connectivity index (χ2n) is 5.80. The number of hydrogen-bond acceptors (Lipinski definition) is 4. The van der Waals surface area contributed by atoms with Gasteiger partial charge in [0.05, 0.1) is 19.3 Å². The van der Waals surface area contributed by atoms with Crippen molar-refractivity contribution in [2.45, 2.75) is 12.5 Å². The number of amides is 1. The number of benzene rings is 1. The van der Waals surface area contributed by atoms with E-state index in [0.717, 1.165) is 25.2 Å². The monoisotopic (exact) mass is 309 g/mol. The van der Waals surface area contributed by atoms with E-state index in [2.05, 4.69) is 4.90 Å². The number of carbonyl (C=O) groups is 1. The van der Waals surface area contributed by atoms with Gasteiger partial charge in [0.25, 0.3) is 0 Å². The van der Waals surface area contributed by atoms with Crippen LogP contribution in [0.5, 0.6) is 0 Å². The Labute approximate surface area is 130 Å². The fourth-order valence-electron chi connectivity index (χ4n) is 2.75. The Hall–Kier alpha value is -1.50. The van der Waals surface area contributed by atoms with E-state index in [1.165, 1.54) is 6.07 Å². The fraction of sp³-hybridized carbons (Fsp3) is 0.562. The van der Waals surface area contributed by atoms with Gasteiger partial charge in [-0.1, -0.05) is 18.2 Å². The Morgan fingerprint density at radius 1 is 1.50 bits per heavy atom. The number of primary amides is 1. The van der Waals surface area contributed by atoms with Crippen LogP contribution in [0.2, 0.25) is 0 Å². The third-order valence-corrected chi connectivity index (χ3v) is 3.82. The molecule has 122 valence electrons. The highest BCUT2D eigenvalue weighted by atomic mass is 19.1. The summed E-state index contributed by atoms with van der Waals surface area (Å²) in [6.07, 6.45) is 0.745. The van der Waals surface area contributed by atoms with Gasteiger partial charge in [-0.05, 0) is 25.1 Å². The molecule has 0 aliphatic carbocycles. The van der Waals surface area contributed by atoms with Gasteiger partial charge in [-0.15, -0.1) is 0 Å². The number of nitrogens with zero attached hydrogens (tertiary/aromatic N) is 2. The van der Waals surface area contributed by atoms with Crippen LogP contribution in [-0.4, -0.2) is 68.2 Å². The van der Waals surface area contributed by atoms with E-state index in [9.17, 15) is 9.18 Å². The molecule has 1 fully saturated rings. The summed E-state index contributed by atoms with van der Waals surface area (Å²) >= 11 is 0. The molecular formula is C16H24FN3O2. The summed E-state index contributed by atoms with van der Waals surface area (Å²) in [7, 11) is 1.85. The molecule has 1 amide bonds. The maximum atomic E-state index is 13.6. The summed E-state index contributed by atoms with van der Waals surface area (Å²) in [5, 5.41) is 0. The van der Waals surface area contributed by atoms with E-state index in [4.69, 9.17) is 10.5 Å². The van der Waals surface area contributed by atoms with Gasteiger partial charge in [-0.25, -0.2) is 4.39 Å². The largest absolute Gasteiger partial charge is 0.374 e. The van der Waals surface area contributed by atoms with E-state index in [1.54, 1.807) is 6.07 Å². The van der Waals surface area contributed by atoms with Crippen molar-refractivity contribution in [3.05, 3.63) is 35.6 Å². The number of rotatable bonds is 7. The zero-order chi connectivity index (χ0) is 15.9. The maximum absolute atomic E-state index is 13.6. The Kier molecular flexibility index (Phi) is 6.30. The molecule has 1 saturated heterocycles. The molecule has 0 unspecified atom stereocenters. The smallest absolute Gasteiger partial charge is 0.231 e. The van der Waals surface area contributed by atoms with Gasteiger partial charge in [-0.2, -0.15) is 0 Å². The summed E-state index contributed by atoms with van der Waals surface area (Å²) < 4.78 is 19.3. The van der Waals surface area contributed by atoms with Crippen LogP contribution in [0.15, 0.2) is 24.3 Å². The highest BCUT2D eigenvalue weighted by molar-refractivity contribution is 5.75. The summed E-state index contributed by atoms with van der Waals surface area (Å²) in [6, 6.07) is 6.89. The molecule has 0 bridgehead atoms. The van der Waals surface area contributed by atoms with Crippen LogP contribution in [0.3, 0.4) is 0 Å². The molecule has 22 heavy (non-hydrogen) atoms. The summed E-state index contributed by atoms with van der Waals surface area (Å²) in [6.45, 7) is 4.00. The topological polar surface area (TPSA) is 58.8 Å². The minimum atomic E-state index is -0.338. The minimum Gasteiger partial charge on any atom is -0.374 e. The van der Waals surface area contributed by atoms with Crippen molar-refractivity contribution in [2.75, 3.05) is 46.4 Å². The lowest BCUT2D eigenvalue weighted by atomic mass is 10.1. The van der Waals surface area contributed by atoms with Crippen molar-refractivity contribution in [3.63, 3.8) is 0 Å². The second-order valence-corrected chi connectivity index (χ2v) is 5.80. The molecule has 0 radical (unpaired) electrons. The Morgan fingerprint density at radius 2 is 2.27 bits per heavy atom. The molecule has 0 spiro atoms. The highest BCUT2D eigenvalue weighted by Crippen LogP contribution is 2.11. The third kappa shape index (κ3) is 5.36. The summed E-state index contributed by atoms with van der Waals surface area (Å²) in [5.74, 6) is -0.483. The fourth-order valence-corrected chi connectivity index (χ4v) is 2.75. The number of halogens is 1. The van der Waals surface area contributed by atoms with Crippen molar-refractivity contribution >= 4 is 5.91 Å². The van der Waals surface area contributed by atoms with Gasteiger partial charge in [-0.3, -0.25) is 14.6 Å². The molecular weight excluding hydrogens is 285 g/mol. The van der Waals surface area contributed by atoms with Crippen LogP contribution >= 0.6 is 0 Å². The van der Waals surface area contributed by atoms with Crippen molar-refractivity contribution in [3.8, 4) is 0 Å². The van der Waals surface area contributed by atoms with Gasteiger partial charge in [0, 0.05) is 26.2 Å². The molecule has 1 heterocycles. The number of ether oxygens (including phenoxy) is 1. The lowest BCUT2D eigenvalue weighted by Crippen LogP contribution is -2.48. The molecule has 5 nitrogen and oxygen atoms in total. The minimum absolute atomic E-state index is 0.0544. The first-order chi connectivity index (χ1) is 10.5. The normalized spacial score (nSPS) is 19.5. The van der Waals surface area contributed by atoms with Gasteiger partial charge in [0.2, 0.25) is 5.91 Å². The van der Waals surface area contributed by atoms with Gasteiger partial charge in [0.15, 0.2) is 0 Å². The number of hydrogen-bond donors (Lipinski definition) is 1. The van der Waals surface area contributed by atoms with Crippen LogP contribution in [-0.2, 0) is 16.0 Å². The van der Waals surface area contributed by atoms with E-state index in [-0.39, 0.29) is 24.4 Å². The maximum Gasteiger partial charge on any atom is 0.231 e. The lowest BCUT2D eigenvalue weighted by molar-refractivity contribution is -0.119. The zero-order valence-electron chi connectivity index (χ0n) is 13.0. The van der Waals surface area contributed by atoms with E-state index >= 15 is 0 Å². The van der Waals surface area contributed by atoms with Gasteiger partial charge in [0.1, 0.15) is 5.82 Å². The number of likely N-dealkylation sites (N-methyl/N-ethyl adjacent to an activating group) is 1. The Morgan fingerprint density at radius 3 is 3.00 bits per heavy atom. The standard InChI is InChI=1S/C16H24FN3O2/c1-19(12-16(18)21)10-14-11-20(8-9-22-14)7-6-13-4-2-3-5-15(13)17/h2-5,14H,6-12H2,1H3,(H2,18,21)/t14-/m1/s1. The first-order valence-corrected chi connectivity index (χ1v) is 7.59. The lowest BCUT2D eigenvalue weighted by Gasteiger charge is -2.34. The van der Waals surface area contributed by atoms with Crippen LogP contribution in [0.25, 0.3) is 0 Å². The second kappa shape index (κ2) is 8.22. The van der Waals surface area contributed by atoms with Gasteiger partial charge >= 0.3 is 0 Å². The molecule has 0 aromatic heterocycles. The summed E-state index contributed by atoms with van der Waals surface area (Å²) in [5.41, 5.74) is 5.93. The highest BCUT2D eigenvalue weighted by Gasteiger charge is 2.22. The molecule has 2 N–H and O–H groups in total. The molecule has 1 atom stereocenters. The van der Waals surface area contributed by atoms with Crippen LogP contribution in [0.1, 0.15) is 5.56 Å². The van der Waals surface area contributed by atoms with Crippen molar-refractivity contribution in [2.24, 2.45) is 5.73 Å². The van der Waals surface area contributed by atoms with Crippen LogP contribution in [0, 0.1) is 5.82 Å². The SMILES string of the molecule is CN(CC(N)=O)C[C@@H]1CN(CCc2ccccc2F)CCO1. The third-order valence-electron chi connectivity index (χ3n) is 3.82. The average Bonchev–Trinajstić information content (AvgIpc) is 2.46. The zero-order valence-corrected chi connectivity index (χ0v) is 13.0. The first-order valence-electron chi connectivity index (χ1n) is 7.59. The molecule has 1 aromatic carbocycles. The number of carbonyl (C=O) groups excluding carboxylic acids is 1. The van der Waals surface area contributed by atoms with Crippen LogP contribution in [0.4, 0.5) is 4.39 Å². The molecule has 1 aliphatic rings. The summed E-state index contributed by atoms with van der Waals surface area (Å²) in [4.78, 5) is 15.0. The molecule has 6 heteroatoms. The Balaban J connectivity index is 1.78. The van der Waals surface area contributed by atoms with Crippen molar-refractivity contribution < 1.29 is 13.9 Å². The van der Waals surface area contributed by atoms with Crippen molar-refractivity contribution in [1.29, 1.82) is 0 Å². The molecule has 1 aromatic rings. The Bertz CT molecular complexity index is 498. The van der Waals surface area contributed by atoms with Crippen LogP contribution < -0.4 is 5.73 Å². The van der Waals surface area contributed by atoms with E-state index in [1.807, 2.05) is 24.1 Å². The predicted molar refractivity (Wildman–Crippen MR) is 83.0 cm³/mol. The number of morpholine rings is 1. The molecule has 2 rings (SSSR count). The van der Waals surface area contributed by atoms with Gasteiger partial charge < -0.3 is 10.5 Å². The quantitative estimate of drug-likeness (QED) is 0.796. The first kappa shape index (κ1) is 16.9. The average molecular weight is 309 g/mol.